The van der Waals surface area contributed by atoms with Gasteiger partial charge in [0.25, 0.3) is 5.91 Å². The van der Waals surface area contributed by atoms with Crippen molar-refractivity contribution in [1.29, 1.82) is 0 Å². The summed E-state index contributed by atoms with van der Waals surface area (Å²) in [7, 11) is 1.56. The maximum Gasteiger partial charge on any atom is 0.254 e. The van der Waals surface area contributed by atoms with Crippen LogP contribution in [-0.2, 0) is 4.79 Å². The molecule has 0 unspecified atom stereocenters. The number of halogens is 1. The molecule has 1 aliphatic rings. The summed E-state index contributed by atoms with van der Waals surface area (Å²) in [5.41, 5.74) is 0.409. The van der Waals surface area contributed by atoms with E-state index in [-0.39, 0.29) is 17.6 Å². The molecule has 96 valence electrons. The minimum atomic E-state index is -0.410. The number of nitrogens with one attached hydrogen (secondary N) is 1. The Hall–Kier alpha value is -1.91. The zero-order valence-electron chi connectivity index (χ0n) is 10.1. The van der Waals surface area contributed by atoms with Crippen molar-refractivity contribution in [3.05, 3.63) is 35.6 Å². The van der Waals surface area contributed by atoms with Crippen LogP contribution in [-0.4, -0.2) is 36.3 Å². The molecule has 1 aromatic rings. The molecule has 0 radical (unpaired) electrons. The summed E-state index contributed by atoms with van der Waals surface area (Å²) in [6, 6.07) is 4.97. The summed E-state index contributed by atoms with van der Waals surface area (Å²) in [6.07, 6.45) is 1.48. The van der Waals surface area contributed by atoms with Gasteiger partial charge in [0.15, 0.2) is 0 Å². The summed E-state index contributed by atoms with van der Waals surface area (Å²) < 4.78 is 12.8. The number of hydrogen-bond acceptors (Lipinski definition) is 2. The van der Waals surface area contributed by atoms with Gasteiger partial charge in [0, 0.05) is 19.2 Å². The Morgan fingerprint density at radius 1 is 1.33 bits per heavy atom. The highest BCUT2D eigenvalue weighted by atomic mass is 19.1. The van der Waals surface area contributed by atoms with Gasteiger partial charge in [0.2, 0.25) is 5.91 Å². The molecule has 1 N–H and O–H groups in total. The van der Waals surface area contributed by atoms with Crippen LogP contribution in [0.25, 0.3) is 0 Å². The fraction of sp³-hybridized carbons (Fsp3) is 0.385. The van der Waals surface area contributed by atoms with Crippen molar-refractivity contribution in [2.75, 3.05) is 13.6 Å². The van der Waals surface area contributed by atoms with Crippen LogP contribution in [0.1, 0.15) is 23.2 Å². The minimum Gasteiger partial charge on any atom is -0.357 e. The van der Waals surface area contributed by atoms with Crippen molar-refractivity contribution in [3.63, 3.8) is 0 Å². The van der Waals surface area contributed by atoms with E-state index in [1.807, 2.05) is 0 Å². The Kier molecular flexibility index (Phi) is 3.60. The third kappa shape index (κ3) is 2.34. The number of benzene rings is 1. The lowest BCUT2D eigenvalue weighted by Crippen LogP contribution is -2.44. The first-order valence-corrected chi connectivity index (χ1v) is 5.91. The molecule has 1 aromatic carbocycles. The molecule has 0 saturated carbocycles. The highest BCUT2D eigenvalue weighted by molar-refractivity contribution is 5.97. The second-order valence-corrected chi connectivity index (χ2v) is 4.28. The van der Waals surface area contributed by atoms with E-state index in [0.717, 1.165) is 6.42 Å². The Bertz CT molecular complexity index is 459. The normalized spacial score (nSPS) is 18.8. The van der Waals surface area contributed by atoms with E-state index in [1.165, 1.54) is 24.3 Å². The van der Waals surface area contributed by atoms with Gasteiger partial charge in [-0.3, -0.25) is 9.59 Å². The predicted molar refractivity (Wildman–Crippen MR) is 64.5 cm³/mol. The van der Waals surface area contributed by atoms with E-state index < -0.39 is 6.04 Å². The number of likely N-dealkylation sites (tertiary alicyclic amines) is 1. The van der Waals surface area contributed by atoms with E-state index in [9.17, 15) is 14.0 Å². The molecule has 2 rings (SSSR count). The van der Waals surface area contributed by atoms with Crippen LogP contribution in [0.15, 0.2) is 24.3 Å². The first kappa shape index (κ1) is 12.5. The fourth-order valence-electron chi connectivity index (χ4n) is 2.21. The van der Waals surface area contributed by atoms with E-state index in [4.69, 9.17) is 0 Å². The van der Waals surface area contributed by atoms with Crippen molar-refractivity contribution >= 4 is 11.8 Å². The molecule has 0 aliphatic carbocycles. The third-order valence-corrected chi connectivity index (χ3v) is 3.15. The van der Waals surface area contributed by atoms with E-state index >= 15 is 0 Å². The van der Waals surface area contributed by atoms with Crippen LogP contribution < -0.4 is 5.32 Å². The molecule has 18 heavy (non-hydrogen) atoms. The highest BCUT2D eigenvalue weighted by Crippen LogP contribution is 2.20. The molecular formula is C13H15FN2O2. The molecule has 1 saturated heterocycles. The Balaban J connectivity index is 2.17. The second kappa shape index (κ2) is 5.16. The predicted octanol–water partition coefficient (Wildman–Crippen LogP) is 1.18. The van der Waals surface area contributed by atoms with Crippen LogP contribution in [0.4, 0.5) is 4.39 Å². The van der Waals surface area contributed by atoms with Crippen LogP contribution in [0.5, 0.6) is 0 Å². The van der Waals surface area contributed by atoms with E-state index in [1.54, 1.807) is 11.9 Å². The average Bonchev–Trinajstić information content (AvgIpc) is 2.87. The van der Waals surface area contributed by atoms with Gasteiger partial charge in [-0.2, -0.15) is 0 Å². The quantitative estimate of drug-likeness (QED) is 0.856. The number of hydrogen-bond donors (Lipinski definition) is 1. The average molecular weight is 250 g/mol. The zero-order valence-corrected chi connectivity index (χ0v) is 10.1. The number of rotatable bonds is 2. The Labute approximate surface area is 105 Å². The van der Waals surface area contributed by atoms with Gasteiger partial charge < -0.3 is 10.2 Å². The lowest BCUT2D eigenvalue weighted by molar-refractivity contribution is -0.124. The SMILES string of the molecule is CNC(=O)[C@@H]1CCCN1C(=O)c1ccc(F)cc1. The minimum absolute atomic E-state index is 0.150. The molecule has 1 aliphatic heterocycles. The number of nitrogens with zero attached hydrogens (tertiary/aromatic N) is 1. The standard InChI is InChI=1S/C13H15FN2O2/c1-15-12(17)11-3-2-8-16(11)13(18)9-4-6-10(14)7-5-9/h4-7,11H,2-3,8H2,1H3,(H,15,17)/t11-/m0/s1. The fourth-order valence-corrected chi connectivity index (χ4v) is 2.21. The van der Waals surface area contributed by atoms with Gasteiger partial charge in [-0.15, -0.1) is 0 Å². The molecule has 1 fully saturated rings. The summed E-state index contributed by atoms with van der Waals surface area (Å²) in [5, 5.41) is 2.56. The van der Waals surface area contributed by atoms with Crippen LogP contribution in [0.3, 0.4) is 0 Å². The first-order valence-electron chi connectivity index (χ1n) is 5.91. The molecular weight excluding hydrogens is 235 g/mol. The summed E-state index contributed by atoms with van der Waals surface area (Å²) >= 11 is 0. The lowest BCUT2D eigenvalue weighted by atomic mass is 10.1. The van der Waals surface area contributed by atoms with Crippen molar-refractivity contribution in [3.8, 4) is 0 Å². The molecule has 5 heteroatoms. The van der Waals surface area contributed by atoms with E-state index in [2.05, 4.69) is 5.32 Å². The third-order valence-electron chi connectivity index (χ3n) is 3.15. The van der Waals surface area contributed by atoms with Gasteiger partial charge >= 0.3 is 0 Å². The molecule has 4 nitrogen and oxygen atoms in total. The molecule has 0 bridgehead atoms. The van der Waals surface area contributed by atoms with Crippen molar-refractivity contribution < 1.29 is 14.0 Å². The zero-order chi connectivity index (χ0) is 13.1. The summed E-state index contributed by atoms with van der Waals surface area (Å²) in [6.45, 7) is 0.564. The summed E-state index contributed by atoms with van der Waals surface area (Å²) in [4.78, 5) is 25.4. The second-order valence-electron chi connectivity index (χ2n) is 4.28. The Morgan fingerprint density at radius 3 is 2.61 bits per heavy atom. The van der Waals surface area contributed by atoms with Gasteiger partial charge in [-0.25, -0.2) is 4.39 Å². The number of carbonyl (C=O) groups excluding carboxylic acids is 2. The van der Waals surface area contributed by atoms with Gasteiger partial charge in [0.1, 0.15) is 11.9 Å². The number of amides is 2. The molecule has 2 amide bonds. The van der Waals surface area contributed by atoms with Gasteiger partial charge in [-0.05, 0) is 37.1 Å². The van der Waals surface area contributed by atoms with Crippen molar-refractivity contribution in [2.45, 2.75) is 18.9 Å². The molecule has 1 atom stereocenters. The maximum absolute atomic E-state index is 12.8. The molecule has 1 heterocycles. The van der Waals surface area contributed by atoms with Crippen LogP contribution >= 0.6 is 0 Å². The first-order chi connectivity index (χ1) is 8.63. The monoisotopic (exact) mass is 250 g/mol. The lowest BCUT2D eigenvalue weighted by Gasteiger charge is -2.23. The van der Waals surface area contributed by atoms with Crippen LogP contribution in [0, 0.1) is 5.82 Å². The van der Waals surface area contributed by atoms with Gasteiger partial charge in [-0.1, -0.05) is 0 Å². The van der Waals surface area contributed by atoms with Crippen molar-refractivity contribution in [2.24, 2.45) is 0 Å². The number of likely N-dealkylation sites (N-methyl/N-ethyl adjacent to an activating group) is 1. The van der Waals surface area contributed by atoms with Gasteiger partial charge in [0.05, 0.1) is 0 Å². The van der Waals surface area contributed by atoms with Crippen molar-refractivity contribution in [1.82, 2.24) is 10.2 Å². The van der Waals surface area contributed by atoms with Crippen LogP contribution in [0.2, 0.25) is 0 Å². The smallest absolute Gasteiger partial charge is 0.254 e. The number of carbonyl (C=O) groups is 2. The van der Waals surface area contributed by atoms with E-state index in [0.29, 0.717) is 18.5 Å². The Morgan fingerprint density at radius 2 is 2.00 bits per heavy atom. The topological polar surface area (TPSA) is 49.4 Å². The summed E-state index contributed by atoms with van der Waals surface area (Å²) in [5.74, 6) is -0.750. The maximum atomic E-state index is 12.8. The molecule has 0 spiro atoms. The largest absolute Gasteiger partial charge is 0.357 e. The molecule has 0 aromatic heterocycles. The highest BCUT2D eigenvalue weighted by Gasteiger charge is 2.33.